The van der Waals surface area contributed by atoms with E-state index in [1.807, 2.05) is 6.08 Å². The first-order chi connectivity index (χ1) is 12.7. The lowest BCUT2D eigenvalue weighted by molar-refractivity contribution is -0.154. The topological polar surface area (TPSA) is 35.5 Å². The van der Waals surface area contributed by atoms with Gasteiger partial charge in [-0.25, -0.2) is 0 Å². The zero-order valence-electron chi connectivity index (χ0n) is 17.6. The van der Waals surface area contributed by atoms with Crippen molar-refractivity contribution in [3.05, 3.63) is 11.6 Å². The van der Waals surface area contributed by atoms with Crippen LogP contribution in [0, 0.1) is 34.5 Å². The lowest BCUT2D eigenvalue weighted by Crippen LogP contribution is -2.51. The molecule has 3 heteroatoms. The summed E-state index contributed by atoms with van der Waals surface area (Å²) in [5.41, 5.74) is 2.16. The Morgan fingerprint density at radius 3 is 2.44 bits per heavy atom. The summed E-state index contributed by atoms with van der Waals surface area (Å²) in [6.45, 7) is 9.92. The number of carbonyl (C=O) groups is 1. The van der Waals surface area contributed by atoms with Gasteiger partial charge in [-0.15, -0.1) is 0 Å². The van der Waals surface area contributed by atoms with Gasteiger partial charge in [0.15, 0.2) is 11.6 Å². The predicted molar refractivity (Wildman–Crippen MR) is 105 cm³/mol. The van der Waals surface area contributed by atoms with E-state index in [-0.39, 0.29) is 11.5 Å². The van der Waals surface area contributed by atoms with Crippen LogP contribution in [0.15, 0.2) is 11.6 Å². The lowest BCUT2D eigenvalue weighted by atomic mass is 9.46. The standard InChI is InChI=1S/C24H36O3/c1-22(2)26-14-21(27-22)20-8-7-18-17-6-5-15-13-16(25)9-11-23(15,3)19(17)10-12-24(18,20)4/h13,17-21H,5-12,14H2,1-4H3/t17?,18?,19?,20-,21+,23+,24+/m1/s1. The van der Waals surface area contributed by atoms with Crippen LogP contribution in [0.4, 0.5) is 0 Å². The van der Waals surface area contributed by atoms with Crippen LogP contribution < -0.4 is 0 Å². The minimum Gasteiger partial charge on any atom is -0.348 e. The molecule has 0 aromatic rings. The number of allylic oxidation sites excluding steroid dienone is 1. The molecule has 7 atom stereocenters. The molecule has 0 aromatic heterocycles. The van der Waals surface area contributed by atoms with Crippen LogP contribution in [-0.2, 0) is 14.3 Å². The molecule has 150 valence electrons. The first kappa shape index (κ1) is 18.4. The van der Waals surface area contributed by atoms with Gasteiger partial charge in [-0.1, -0.05) is 19.4 Å². The van der Waals surface area contributed by atoms with Gasteiger partial charge in [-0.2, -0.15) is 0 Å². The van der Waals surface area contributed by atoms with Crippen LogP contribution in [0.25, 0.3) is 0 Å². The van der Waals surface area contributed by atoms with Gasteiger partial charge in [0, 0.05) is 6.42 Å². The number of ether oxygens (including phenoxy) is 2. The highest BCUT2D eigenvalue weighted by Gasteiger charge is 2.61. The fourth-order valence-electron chi connectivity index (χ4n) is 8.12. The Kier molecular flexibility index (Phi) is 4.03. The fourth-order valence-corrected chi connectivity index (χ4v) is 8.12. The third-order valence-corrected chi connectivity index (χ3v) is 9.51. The molecule has 0 radical (unpaired) electrons. The summed E-state index contributed by atoms with van der Waals surface area (Å²) in [4.78, 5) is 12.0. The molecule has 1 heterocycles. The maximum absolute atomic E-state index is 12.0. The normalized spacial score (nSPS) is 51.3. The molecule has 0 aromatic carbocycles. The van der Waals surface area contributed by atoms with E-state index in [0.717, 1.165) is 43.6 Å². The molecule has 1 aliphatic heterocycles. The number of hydrogen-bond donors (Lipinski definition) is 0. The van der Waals surface area contributed by atoms with Gasteiger partial charge in [0.05, 0.1) is 12.7 Å². The molecule has 0 bridgehead atoms. The van der Waals surface area contributed by atoms with E-state index in [2.05, 4.69) is 27.7 Å². The monoisotopic (exact) mass is 372 g/mol. The van der Waals surface area contributed by atoms with Crippen molar-refractivity contribution in [2.45, 2.75) is 91.0 Å². The number of ketones is 1. The second-order valence-electron chi connectivity index (χ2n) is 11.1. The molecule has 5 rings (SSSR count). The lowest BCUT2D eigenvalue weighted by Gasteiger charge is -2.58. The third-order valence-electron chi connectivity index (χ3n) is 9.51. The van der Waals surface area contributed by atoms with E-state index in [0.29, 0.717) is 17.1 Å². The third kappa shape index (κ3) is 2.64. The summed E-state index contributed by atoms with van der Waals surface area (Å²) in [5, 5.41) is 0. The zero-order valence-corrected chi connectivity index (χ0v) is 17.6. The van der Waals surface area contributed by atoms with Crippen molar-refractivity contribution in [1.82, 2.24) is 0 Å². The van der Waals surface area contributed by atoms with Crippen LogP contribution >= 0.6 is 0 Å². The molecule has 1 saturated heterocycles. The second kappa shape index (κ2) is 5.92. The highest BCUT2D eigenvalue weighted by Crippen LogP contribution is 2.67. The largest absolute Gasteiger partial charge is 0.348 e. The number of hydrogen-bond acceptors (Lipinski definition) is 3. The van der Waals surface area contributed by atoms with Crippen LogP contribution in [0.2, 0.25) is 0 Å². The molecule has 27 heavy (non-hydrogen) atoms. The first-order valence-electron chi connectivity index (χ1n) is 11.3. The van der Waals surface area contributed by atoms with Crippen molar-refractivity contribution in [3.63, 3.8) is 0 Å². The quantitative estimate of drug-likeness (QED) is 0.628. The first-order valence-corrected chi connectivity index (χ1v) is 11.3. The molecular formula is C24H36O3. The molecule has 3 nitrogen and oxygen atoms in total. The van der Waals surface area contributed by atoms with Gasteiger partial charge in [0.25, 0.3) is 0 Å². The summed E-state index contributed by atoms with van der Waals surface area (Å²) in [5.74, 6) is 3.03. The van der Waals surface area contributed by atoms with Gasteiger partial charge >= 0.3 is 0 Å². The summed E-state index contributed by atoms with van der Waals surface area (Å²) in [6.07, 6.45) is 11.9. The molecular weight excluding hydrogens is 336 g/mol. The molecule has 3 saturated carbocycles. The van der Waals surface area contributed by atoms with Gasteiger partial charge in [0.2, 0.25) is 0 Å². The molecule has 5 aliphatic rings. The van der Waals surface area contributed by atoms with E-state index >= 15 is 0 Å². The Bertz CT molecular complexity index is 679. The van der Waals surface area contributed by atoms with Gasteiger partial charge in [0.1, 0.15) is 0 Å². The smallest absolute Gasteiger partial charge is 0.163 e. The summed E-state index contributed by atoms with van der Waals surface area (Å²) in [6, 6.07) is 0. The maximum atomic E-state index is 12.0. The van der Waals surface area contributed by atoms with Crippen molar-refractivity contribution in [2.24, 2.45) is 34.5 Å². The van der Waals surface area contributed by atoms with Crippen molar-refractivity contribution in [2.75, 3.05) is 6.61 Å². The van der Waals surface area contributed by atoms with Gasteiger partial charge < -0.3 is 9.47 Å². The summed E-state index contributed by atoms with van der Waals surface area (Å²) >= 11 is 0. The van der Waals surface area contributed by atoms with Crippen LogP contribution in [0.1, 0.15) is 79.1 Å². The highest BCUT2D eigenvalue weighted by atomic mass is 16.7. The van der Waals surface area contributed by atoms with Gasteiger partial charge in [-0.3, -0.25) is 4.79 Å². The number of rotatable bonds is 1. The SMILES string of the molecule is CC1(C)OC[C@@H]([C@H]2CCC3C4CCC5=CC(=O)CC[C@]5(C)C4CC[C@@]32C)O1. The summed E-state index contributed by atoms with van der Waals surface area (Å²) in [7, 11) is 0. The molecule has 0 N–H and O–H groups in total. The summed E-state index contributed by atoms with van der Waals surface area (Å²) < 4.78 is 12.3. The fraction of sp³-hybridized carbons (Fsp3) is 0.875. The molecule has 0 spiro atoms. The Morgan fingerprint density at radius 2 is 1.70 bits per heavy atom. The van der Waals surface area contributed by atoms with E-state index in [1.165, 1.54) is 37.7 Å². The average molecular weight is 373 g/mol. The predicted octanol–water partition coefficient (Wildman–Crippen LogP) is 5.29. The number of fused-ring (bicyclic) bond motifs is 5. The van der Waals surface area contributed by atoms with Crippen molar-refractivity contribution < 1.29 is 14.3 Å². The van der Waals surface area contributed by atoms with E-state index in [1.54, 1.807) is 0 Å². The van der Waals surface area contributed by atoms with Crippen molar-refractivity contribution >= 4 is 5.78 Å². The minimum atomic E-state index is -0.414. The van der Waals surface area contributed by atoms with Crippen LogP contribution in [0.5, 0.6) is 0 Å². The number of carbonyl (C=O) groups excluding carboxylic acids is 1. The molecule has 4 fully saturated rings. The Balaban J connectivity index is 1.41. The zero-order chi connectivity index (χ0) is 19.0. The highest BCUT2D eigenvalue weighted by molar-refractivity contribution is 5.91. The Labute approximate surface area is 164 Å². The van der Waals surface area contributed by atoms with Gasteiger partial charge in [-0.05, 0) is 99.4 Å². The average Bonchev–Trinajstić information content (AvgIpc) is 3.14. The van der Waals surface area contributed by atoms with Crippen molar-refractivity contribution in [1.29, 1.82) is 0 Å². The Morgan fingerprint density at radius 1 is 0.926 bits per heavy atom. The maximum Gasteiger partial charge on any atom is 0.163 e. The second-order valence-corrected chi connectivity index (χ2v) is 11.1. The van der Waals surface area contributed by atoms with E-state index in [4.69, 9.17) is 9.47 Å². The van der Waals surface area contributed by atoms with E-state index < -0.39 is 5.79 Å². The Hall–Kier alpha value is -0.670. The minimum absolute atomic E-state index is 0.272. The molecule has 3 unspecified atom stereocenters. The van der Waals surface area contributed by atoms with Crippen LogP contribution in [0.3, 0.4) is 0 Å². The molecule has 4 aliphatic carbocycles. The molecule has 0 amide bonds. The van der Waals surface area contributed by atoms with Crippen LogP contribution in [-0.4, -0.2) is 24.3 Å². The van der Waals surface area contributed by atoms with E-state index in [9.17, 15) is 4.79 Å². The van der Waals surface area contributed by atoms with Crippen molar-refractivity contribution in [3.8, 4) is 0 Å².